The summed E-state index contributed by atoms with van der Waals surface area (Å²) in [5, 5.41) is 0. The lowest BCUT2D eigenvalue weighted by molar-refractivity contribution is -0.130. The SMILES string of the molecule is O=C(Cc1ccccc1)N1CCCN(C(=O)c2ccccc2)CC1. The summed E-state index contributed by atoms with van der Waals surface area (Å²) in [5.74, 6) is 0.183. The highest BCUT2D eigenvalue weighted by atomic mass is 16.2. The molecule has 0 aliphatic carbocycles. The zero-order valence-corrected chi connectivity index (χ0v) is 13.7. The monoisotopic (exact) mass is 322 g/mol. The molecule has 24 heavy (non-hydrogen) atoms. The molecule has 0 bridgehead atoms. The fraction of sp³-hybridized carbons (Fsp3) is 0.300. The standard InChI is InChI=1S/C20H22N2O2/c23-19(16-17-8-3-1-4-9-17)21-12-7-13-22(15-14-21)20(24)18-10-5-2-6-11-18/h1-6,8-11H,7,12-16H2. The first-order chi connectivity index (χ1) is 11.7. The minimum absolute atomic E-state index is 0.0490. The van der Waals surface area contributed by atoms with Gasteiger partial charge in [-0.2, -0.15) is 0 Å². The Balaban J connectivity index is 1.59. The van der Waals surface area contributed by atoms with E-state index in [-0.39, 0.29) is 11.8 Å². The van der Waals surface area contributed by atoms with Crippen LogP contribution in [0.3, 0.4) is 0 Å². The number of hydrogen-bond acceptors (Lipinski definition) is 2. The summed E-state index contributed by atoms with van der Waals surface area (Å²) in [6, 6.07) is 19.1. The van der Waals surface area contributed by atoms with Crippen LogP contribution in [0.1, 0.15) is 22.3 Å². The molecule has 2 amide bonds. The lowest BCUT2D eigenvalue weighted by atomic mass is 10.1. The zero-order valence-electron chi connectivity index (χ0n) is 13.7. The Morgan fingerprint density at radius 3 is 2.04 bits per heavy atom. The van der Waals surface area contributed by atoms with Crippen LogP contribution in [0, 0.1) is 0 Å². The Kier molecular flexibility index (Phi) is 5.26. The van der Waals surface area contributed by atoms with Crippen LogP contribution < -0.4 is 0 Å². The summed E-state index contributed by atoms with van der Waals surface area (Å²) in [4.78, 5) is 28.8. The van der Waals surface area contributed by atoms with E-state index in [4.69, 9.17) is 0 Å². The van der Waals surface area contributed by atoms with Crippen LogP contribution in [0.4, 0.5) is 0 Å². The van der Waals surface area contributed by atoms with Crippen LogP contribution in [0.5, 0.6) is 0 Å². The van der Waals surface area contributed by atoms with Crippen molar-refractivity contribution in [3.8, 4) is 0 Å². The quantitative estimate of drug-likeness (QED) is 0.871. The topological polar surface area (TPSA) is 40.6 Å². The predicted molar refractivity (Wildman–Crippen MR) is 93.7 cm³/mol. The molecule has 4 heteroatoms. The minimum Gasteiger partial charge on any atom is -0.341 e. The van der Waals surface area contributed by atoms with Crippen molar-refractivity contribution in [2.24, 2.45) is 0 Å². The van der Waals surface area contributed by atoms with Crippen molar-refractivity contribution < 1.29 is 9.59 Å². The molecule has 0 aromatic heterocycles. The number of carbonyl (C=O) groups is 2. The van der Waals surface area contributed by atoms with Crippen LogP contribution in [-0.4, -0.2) is 47.8 Å². The molecule has 0 N–H and O–H groups in total. The maximum atomic E-state index is 12.5. The molecule has 1 fully saturated rings. The minimum atomic E-state index is 0.0490. The highest BCUT2D eigenvalue weighted by Gasteiger charge is 2.22. The number of hydrogen-bond donors (Lipinski definition) is 0. The fourth-order valence-electron chi connectivity index (χ4n) is 3.02. The van der Waals surface area contributed by atoms with Gasteiger partial charge in [0.25, 0.3) is 5.91 Å². The van der Waals surface area contributed by atoms with Crippen molar-refractivity contribution in [1.29, 1.82) is 0 Å². The molecular formula is C20H22N2O2. The molecule has 0 spiro atoms. The summed E-state index contributed by atoms with van der Waals surface area (Å²) in [6.45, 7) is 2.60. The molecule has 1 saturated heterocycles. The van der Waals surface area contributed by atoms with E-state index in [0.29, 0.717) is 38.2 Å². The van der Waals surface area contributed by atoms with Crippen molar-refractivity contribution in [1.82, 2.24) is 9.80 Å². The normalized spacial score (nSPS) is 15.0. The molecule has 1 aliphatic heterocycles. The van der Waals surface area contributed by atoms with E-state index < -0.39 is 0 Å². The molecule has 0 saturated carbocycles. The molecule has 2 aromatic carbocycles. The summed E-state index contributed by atoms with van der Waals surface area (Å²) in [5.41, 5.74) is 1.74. The van der Waals surface area contributed by atoms with Gasteiger partial charge >= 0.3 is 0 Å². The van der Waals surface area contributed by atoms with Gasteiger partial charge in [0.05, 0.1) is 6.42 Å². The first-order valence-corrected chi connectivity index (χ1v) is 8.40. The van der Waals surface area contributed by atoms with E-state index in [1.807, 2.05) is 70.5 Å². The predicted octanol–water partition coefficient (Wildman–Crippen LogP) is 2.60. The van der Waals surface area contributed by atoms with Gasteiger partial charge in [0, 0.05) is 31.7 Å². The van der Waals surface area contributed by atoms with E-state index >= 15 is 0 Å². The second-order valence-electron chi connectivity index (χ2n) is 6.05. The maximum absolute atomic E-state index is 12.5. The van der Waals surface area contributed by atoms with Crippen LogP contribution in [0.15, 0.2) is 60.7 Å². The zero-order chi connectivity index (χ0) is 16.8. The van der Waals surface area contributed by atoms with Crippen molar-refractivity contribution in [2.45, 2.75) is 12.8 Å². The van der Waals surface area contributed by atoms with E-state index in [2.05, 4.69) is 0 Å². The van der Waals surface area contributed by atoms with E-state index in [9.17, 15) is 9.59 Å². The lowest BCUT2D eigenvalue weighted by Gasteiger charge is -2.22. The van der Waals surface area contributed by atoms with E-state index in [0.717, 1.165) is 12.0 Å². The largest absolute Gasteiger partial charge is 0.341 e. The highest BCUT2D eigenvalue weighted by Crippen LogP contribution is 2.11. The molecule has 124 valence electrons. The van der Waals surface area contributed by atoms with Crippen molar-refractivity contribution in [2.75, 3.05) is 26.2 Å². The summed E-state index contributed by atoms with van der Waals surface area (Å²) in [7, 11) is 0. The van der Waals surface area contributed by atoms with Crippen molar-refractivity contribution >= 4 is 11.8 Å². The van der Waals surface area contributed by atoms with Gasteiger partial charge in [-0.25, -0.2) is 0 Å². The van der Waals surface area contributed by atoms with Gasteiger partial charge in [-0.15, -0.1) is 0 Å². The van der Waals surface area contributed by atoms with Crippen molar-refractivity contribution in [3.05, 3.63) is 71.8 Å². The Labute approximate surface area is 142 Å². The first kappa shape index (κ1) is 16.2. The Bertz CT molecular complexity index is 685. The number of amides is 2. The molecule has 0 unspecified atom stereocenters. The highest BCUT2D eigenvalue weighted by molar-refractivity contribution is 5.94. The maximum Gasteiger partial charge on any atom is 0.253 e. The third-order valence-electron chi connectivity index (χ3n) is 4.35. The van der Waals surface area contributed by atoms with Crippen LogP contribution in [-0.2, 0) is 11.2 Å². The van der Waals surface area contributed by atoms with Gasteiger partial charge in [-0.3, -0.25) is 9.59 Å². The second-order valence-corrected chi connectivity index (χ2v) is 6.05. The molecule has 2 aromatic rings. The summed E-state index contributed by atoms with van der Waals surface area (Å²) >= 11 is 0. The molecule has 0 radical (unpaired) electrons. The molecular weight excluding hydrogens is 300 g/mol. The van der Waals surface area contributed by atoms with Gasteiger partial charge in [-0.1, -0.05) is 48.5 Å². The van der Waals surface area contributed by atoms with Gasteiger partial charge in [0.15, 0.2) is 0 Å². The van der Waals surface area contributed by atoms with Crippen LogP contribution in [0.25, 0.3) is 0 Å². The number of carbonyl (C=O) groups excluding carboxylic acids is 2. The molecule has 3 rings (SSSR count). The van der Waals surface area contributed by atoms with Crippen LogP contribution >= 0.6 is 0 Å². The second kappa shape index (κ2) is 7.77. The van der Waals surface area contributed by atoms with Crippen molar-refractivity contribution in [3.63, 3.8) is 0 Å². The van der Waals surface area contributed by atoms with Gasteiger partial charge in [-0.05, 0) is 24.1 Å². The third-order valence-corrected chi connectivity index (χ3v) is 4.35. The van der Waals surface area contributed by atoms with Gasteiger partial charge in [0.1, 0.15) is 0 Å². The molecule has 1 aliphatic rings. The number of rotatable bonds is 3. The number of nitrogens with zero attached hydrogens (tertiary/aromatic N) is 2. The average Bonchev–Trinajstić information content (AvgIpc) is 2.89. The lowest BCUT2D eigenvalue weighted by Crippen LogP contribution is -2.38. The Morgan fingerprint density at radius 2 is 1.33 bits per heavy atom. The Morgan fingerprint density at radius 1 is 0.750 bits per heavy atom. The summed E-state index contributed by atoms with van der Waals surface area (Å²) < 4.78 is 0. The average molecular weight is 322 g/mol. The van der Waals surface area contributed by atoms with E-state index in [1.165, 1.54) is 0 Å². The van der Waals surface area contributed by atoms with Gasteiger partial charge < -0.3 is 9.80 Å². The van der Waals surface area contributed by atoms with E-state index in [1.54, 1.807) is 0 Å². The Hall–Kier alpha value is -2.62. The first-order valence-electron chi connectivity index (χ1n) is 8.40. The fourth-order valence-corrected chi connectivity index (χ4v) is 3.02. The third kappa shape index (κ3) is 4.02. The number of benzene rings is 2. The summed E-state index contributed by atoms with van der Waals surface area (Å²) in [6.07, 6.45) is 1.24. The molecule has 4 nitrogen and oxygen atoms in total. The van der Waals surface area contributed by atoms with Gasteiger partial charge in [0.2, 0.25) is 5.91 Å². The molecule has 0 atom stereocenters. The van der Waals surface area contributed by atoms with Crippen LogP contribution in [0.2, 0.25) is 0 Å². The smallest absolute Gasteiger partial charge is 0.253 e. The molecule has 1 heterocycles.